The van der Waals surface area contributed by atoms with Crippen molar-refractivity contribution in [1.29, 1.82) is 0 Å². The Balaban J connectivity index is 1.84. The molecule has 0 spiro atoms. The largest absolute Gasteiger partial charge is 0.493 e. The van der Waals surface area contributed by atoms with Crippen molar-refractivity contribution in [2.45, 2.75) is 20.3 Å². The molecular formula is C17H20N2O2. The number of rotatable bonds is 5. The first-order chi connectivity index (χ1) is 10.1. The highest BCUT2D eigenvalue weighted by Gasteiger charge is 2.06. The molecule has 0 bridgehead atoms. The normalized spacial score (nSPS) is 10.2. The fourth-order valence-corrected chi connectivity index (χ4v) is 2.01. The molecular weight excluding hydrogens is 264 g/mol. The quantitative estimate of drug-likeness (QED) is 0.828. The molecule has 2 aromatic rings. The van der Waals surface area contributed by atoms with Gasteiger partial charge >= 0.3 is 0 Å². The van der Waals surface area contributed by atoms with Crippen molar-refractivity contribution in [2.75, 3.05) is 17.7 Å². The van der Waals surface area contributed by atoms with Crippen molar-refractivity contribution >= 4 is 17.3 Å². The molecule has 1 amide bonds. The minimum Gasteiger partial charge on any atom is -0.493 e. The number of carbonyl (C=O) groups is 1. The molecule has 4 heteroatoms. The van der Waals surface area contributed by atoms with E-state index in [4.69, 9.17) is 10.5 Å². The molecule has 0 radical (unpaired) electrons. The molecule has 0 saturated heterocycles. The van der Waals surface area contributed by atoms with Crippen LogP contribution in [0.4, 0.5) is 11.4 Å². The molecule has 110 valence electrons. The molecule has 0 aliphatic rings. The number of aryl methyl sites for hydroxylation is 2. The Hall–Kier alpha value is -2.49. The molecule has 0 saturated carbocycles. The van der Waals surface area contributed by atoms with E-state index in [0.717, 1.165) is 22.6 Å². The molecule has 0 aliphatic heterocycles. The maximum atomic E-state index is 11.9. The summed E-state index contributed by atoms with van der Waals surface area (Å²) in [5, 5.41) is 2.86. The van der Waals surface area contributed by atoms with Crippen LogP contribution in [0.15, 0.2) is 42.5 Å². The molecule has 0 atom stereocenters. The van der Waals surface area contributed by atoms with Gasteiger partial charge in [0, 0.05) is 11.4 Å². The summed E-state index contributed by atoms with van der Waals surface area (Å²) in [6.07, 6.45) is 0.304. The van der Waals surface area contributed by atoms with Gasteiger partial charge < -0.3 is 15.8 Å². The summed E-state index contributed by atoms with van der Waals surface area (Å²) in [6, 6.07) is 13.2. The van der Waals surface area contributed by atoms with Gasteiger partial charge in [0.2, 0.25) is 5.91 Å². The molecule has 0 aliphatic carbocycles. The summed E-state index contributed by atoms with van der Waals surface area (Å²) in [6.45, 7) is 4.24. The zero-order chi connectivity index (χ0) is 15.2. The molecule has 2 aromatic carbocycles. The van der Waals surface area contributed by atoms with Crippen LogP contribution in [0.3, 0.4) is 0 Å². The maximum absolute atomic E-state index is 11.9. The fraction of sp³-hybridized carbons (Fsp3) is 0.235. The van der Waals surface area contributed by atoms with Crippen LogP contribution in [0.2, 0.25) is 0 Å². The lowest BCUT2D eigenvalue weighted by Gasteiger charge is -2.11. The topological polar surface area (TPSA) is 64.3 Å². The average molecular weight is 284 g/mol. The Morgan fingerprint density at radius 2 is 1.90 bits per heavy atom. The van der Waals surface area contributed by atoms with E-state index in [1.165, 1.54) is 0 Å². The van der Waals surface area contributed by atoms with Gasteiger partial charge in [-0.05, 0) is 49.2 Å². The van der Waals surface area contributed by atoms with Crippen molar-refractivity contribution in [2.24, 2.45) is 0 Å². The lowest BCUT2D eigenvalue weighted by molar-refractivity contribution is -0.116. The van der Waals surface area contributed by atoms with E-state index < -0.39 is 0 Å². The highest BCUT2D eigenvalue weighted by Crippen LogP contribution is 2.18. The van der Waals surface area contributed by atoms with E-state index in [9.17, 15) is 4.79 Å². The number of anilines is 2. The minimum absolute atomic E-state index is 0.0727. The van der Waals surface area contributed by atoms with Crippen molar-refractivity contribution in [3.8, 4) is 5.75 Å². The minimum atomic E-state index is -0.0727. The zero-order valence-corrected chi connectivity index (χ0v) is 12.3. The Morgan fingerprint density at radius 3 is 2.62 bits per heavy atom. The third-order valence-corrected chi connectivity index (χ3v) is 3.20. The first kappa shape index (κ1) is 14.9. The maximum Gasteiger partial charge on any atom is 0.227 e. The third-order valence-electron chi connectivity index (χ3n) is 3.20. The Bertz CT molecular complexity index is 638. The van der Waals surface area contributed by atoms with Gasteiger partial charge in [-0.2, -0.15) is 0 Å². The predicted molar refractivity (Wildman–Crippen MR) is 85.5 cm³/mol. The first-order valence-electron chi connectivity index (χ1n) is 6.90. The number of hydrogen-bond donors (Lipinski definition) is 2. The lowest BCUT2D eigenvalue weighted by atomic mass is 10.2. The molecule has 3 N–H and O–H groups in total. The van der Waals surface area contributed by atoms with Gasteiger partial charge in [-0.1, -0.05) is 18.2 Å². The number of nitrogen functional groups attached to an aromatic ring is 1. The van der Waals surface area contributed by atoms with E-state index in [1.54, 1.807) is 6.07 Å². The second kappa shape index (κ2) is 6.79. The van der Waals surface area contributed by atoms with Crippen LogP contribution >= 0.6 is 0 Å². The van der Waals surface area contributed by atoms with Crippen LogP contribution in [0.25, 0.3) is 0 Å². The average Bonchev–Trinajstić information content (AvgIpc) is 2.44. The van der Waals surface area contributed by atoms with Gasteiger partial charge in [-0.3, -0.25) is 4.79 Å². The summed E-state index contributed by atoms with van der Waals surface area (Å²) >= 11 is 0. The Morgan fingerprint density at radius 1 is 1.14 bits per heavy atom. The monoisotopic (exact) mass is 284 g/mol. The van der Waals surface area contributed by atoms with Crippen molar-refractivity contribution in [1.82, 2.24) is 0 Å². The summed E-state index contributed by atoms with van der Waals surface area (Å²) in [5.41, 5.74) is 9.16. The smallest absolute Gasteiger partial charge is 0.227 e. The van der Waals surface area contributed by atoms with Gasteiger partial charge in [0.05, 0.1) is 13.0 Å². The van der Waals surface area contributed by atoms with E-state index >= 15 is 0 Å². The van der Waals surface area contributed by atoms with Gasteiger partial charge in [0.25, 0.3) is 0 Å². The number of carbonyl (C=O) groups excluding carboxylic acids is 1. The molecule has 0 heterocycles. The van der Waals surface area contributed by atoms with Crippen LogP contribution in [0.5, 0.6) is 5.75 Å². The van der Waals surface area contributed by atoms with Crippen LogP contribution in [-0.2, 0) is 4.79 Å². The van der Waals surface area contributed by atoms with Crippen molar-refractivity contribution in [3.63, 3.8) is 0 Å². The molecule has 4 nitrogen and oxygen atoms in total. The standard InChI is InChI=1S/C17H20N2O2/c1-12-5-3-4-6-16(12)21-10-9-17(20)19-15-8-7-14(18)11-13(15)2/h3-8,11H,9-10,18H2,1-2H3,(H,19,20). The number of para-hydroxylation sites is 1. The number of amides is 1. The number of nitrogens with one attached hydrogen (secondary N) is 1. The molecule has 0 fully saturated rings. The van der Waals surface area contributed by atoms with Gasteiger partial charge in [0.15, 0.2) is 0 Å². The van der Waals surface area contributed by atoms with E-state index in [2.05, 4.69) is 5.32 Å². The SMILES string of the molecule is Cc1cc(N)ccc1NC(=O)CCOc1ccccc1C. The summed E-state index contributed by atoms with van der Waals surface area (Å²) < 4.78 is 5.61. The Labute approximate surface area is 124 Å². The number of nitrogens with two attached hydrogens (primary N) is 1. The highest BCUT2D eigenvalue weighted by molar-refractivity contribution is 5.91. The zero-order valence-electron chi connectivity index (χ0n) is 12.3. The summed E-state index contributed by atoms with van der Waals surface area (Å²) in [5.74, 6) is 0.741. The first-order valence-corrected chi connectivity index (χ1v) is 6.90. The van der Waals surface area contributed by atoms with Crippen molar-refractivity contribution < 1.29 is 9.53 Å². The second-order valence-corrected chi connectivity index (χ2v) is 4.99. The van der Waals surface area contributed by atoms with Crippen LogP contribution < -0.4 is 15.8 Å². The van der Waals surface area contributed by atoms with Gasteiger partial charge in [0.1, 0.15) is 5.75 Å². The Kier molecular flexibility index (Phi) is 4.82. The number of ether oxygens (including phenoxy) is 1. The third kappa shape index (κ3) is 4.24. The number of hydrogen-bond acceptors (Lipinski definition) is 3. The van der Waals surface area contributed by atoms with Crippen LogP contribution in [-0.4, -0.2) is 12.5 Å². The van der Waals surface area contributed by atoms with Crippen LogP contribution in [0, 0.1) is 13.8 Å². The fourth-order valence-electron chi connectivity index (χ4n) is 2.01. The molecule has 21 heavy (non-hydrogen) atoms. The molecule has 0 aromatic heterocycles. The van der Waals surface area contributed by atoms with Crippen LogP contribution in [0.1, 0.15) is 17.5 Å². The van der Waals surface area contributed by atoms with E-state index in [1.807, 2.05) is 50.2 Å². The lowest BCUT2D eigenvalue weighted by Crippen LogP contribution is -2.16. The summed E-state index contributed by atoms with van der Waals surface area (Å²) in [7, 11) is 0. The van der Waals surface area contributed by atoms with Gasteiger partial charge in [-0.15, -0.1) is 0 Å². The predicted octanol–water partition coefficient (Wildman–Crippen LogP) is 3.29. The second-order valence-electron chi connectivity index (χ2n) is 4.99. The van der Waals surface area contributed by atoms with Crippen molar-refractivity contribution in [3.05, 3.63) is 53.6 Å². The highest BCUT2D eigenvalue weighted by atomic mass is 16.5. The summed E-state index contributed by atoms with van der Waals surface area (Å²) in [4.78, 5) is 11.9. The molecule has 2 rings (SSSR count). The van der Waals surface area contributed by atoms with E-state index in [-0.39, 0.29) is 5.91 Å². The molecule has 0 unspecified atom stereocenters. The van der Waals surface area contributed by atoms with E-state index in [0.29, 0.717) is 18.7 Å². The van der Waals surface area contributed by atoms with Gasteiger partial charge in [-0.25, -0.2) is 0 Å². The number of benzene rings is 2.